The van der Waals surface area contributed by atoms with Crippen molar-refractivity contribution >= 4 is 28.4 Å². The Morgan fingerprint density at radius 1 is 1.27 bits per heavy atom. The van der Waals surface area contributed by atoms with Gasteiger partial charge >= 0.3 is 0 Å². The predicted octanol–water partition coefficient (Wildman–Crippen LogP) is 4.82. The van der Waals surface area contributed by atoms with E-state index in [1.54, 1.807) is 12.0 Å². The number of ether oxygens (including phenoxy) is 1. The second-order valence-electron chi connectivity index (χ2n) is 7.32. The number of nitrogens with zero attached hydrogens (tertiary/aromatic N) is 2. The molecule has 1 amide bonds. The van der Waals surface area contributed by atoms with E-state index < -0.39 is 0 Å². The van der Waals surface area contributed by atoms with Crippen molar-refractivity contribution in [2.45, 2.75) is 19.6 Å². The van der Waals surface area contributed by atoms with Crippen LogP contribution in [0.5, 0.6) is 0 Å². The van der Waals surface area contributed by atoms with Crippen LogP contribution in [0.2, 0.25) is 5.02 Å². The first-order valence-corrected chi connectivity index (χ1v) is 10.1. The van der Waals surface area contributed by atoms with Gasteiger partial charge in [-0.05, 0) is 23.8 Å². The number of hydrogen-bond acceptors (Lipinski definition) is 4. The lowest BCUT2D eigenvalue weighted by Gasteiger charge is -2.25. The number of aromatic nitrogens is 2. The number of amides is 1. The van der Waals surface area contributed by atoms with Crippen LogP contribution in [0.4, 0.5) is 0 Å². The first-order valence-electron chi connectivity index (χ1n) is 9.76. The lowest BCUT2D eigenvalue weighted by molar-refractivity contribution is 0.0723. The lowest BCUT2D eigenvalue weighted by Crippen LogP contribution is -2.36. The molecule has 0 saturated carbocycles. The standard InChI is InChI=1S/C23H20ClN3O3/c1-29-13-20-25-18-12-27(10-9-19(18)30-20)23(28)22-21(14-5-3-2-4-6-14)16-11-15(24)7-8-17(16)26-22/h2-8,11,26H,9-10,12-13H2,1H3. The van der Waals surface area contributed by atoms with Crippen LogP contribution >= 0.6 is 11.6 Å². The zero-order valence-electron chi connectivity index (χ0n) is 16.4. The second kappa shape index (κ2) is 7.63. The summed E-state index contributed by atoms with van der Waals surface area (Å²) in [6.45, 7) is 1.30. The zero-order chi connectivity index (χ0) is 20.7. The Bertz CT molecular complexity index is 1230. The number of oxazole rings is 1. The fourth-order valence-corrected chi connectivity index (χ4v) is 4.17. The molecule has 1 N–H and O–H groups in total. The highest BCUT2D eigenvalue weighted by Crippen LogP contribution is 2.35. The SMILES string of the molecule is COCc1nc2c(o1)CCN(C(=O)c1[nH]c3ccc(Cl)cc3c1-c1ccccc1)C2. The van der Waals surface area contributed by atoms with Gasteiger partial charge in [-0.3, -0.25) is 4.79 Å². The average Bonchev–Trinajstić information content (AvgIpc) is 3.34. The van der Waals surface area contributed by atoms with Crippen molar-refractivity contribution in [2.24, 2.45) is 0 Å². The number of carbonyl (C=O) groups excluding carboxylic acids is 1. The molecule has 0 radical (unpaired) electrons. The number of H-pyrrole nitrogens is 1. The van der Waals surface area contributed by atoms with Crippen LogP contribution in [-0.4, -0.2) is 34.4 Å². The van der Waals surface area contributed by atoms with Gasteiger partial charge in [-0.25, -0.2) is 4.98 Å². The molecule has 6 nitrogen and oxygen atoms in total. The Labute approximate surface area is 178 Å². The molecule has 5 rings (SSSR count). The molecular weight excluding hydrogens is 402 g/mol. The molecule has 4 aromatic rings. The third-order valence-electron chi connectivity index (χ3n) is 5.36. The molecule has 2 aromatic heterocycles. The number of hydrogen-bond donors (Lipinski definition) is 1. The van der Waals surface area contributed by atoms with Crippen molar-refractivity contribution in [1.29, 1.82) is 0 Å². The van der Waals surface area contributed by atoms with Gasteiger partial charge in [0.25, 0.3) is 5.91 Å². The molecule has 2 aromatic carbocycles. The van der Waals surface area contributed by atoms with Gasteiger partial charge in [0.05, 0.1) is 6.54 Å². The van der Waals surface area contributed by atoms with Gasteiger partial charge in [-0.15, -0.1) is 0 Å². The number of fused-ring (bicyclic) bond motifs is 2. The van der Waals surface area contributed by atoms with Crippen molar-refractivity contribution in [1.82, 2.24) is 14.9 Å². The largest absolute Gasteiger partial charge is 0.443 e. The Morgan fingerprint density at radius 2 is 2.10 bits per heavy atom. The quantitative estimate of drug-likeness (QED) is 0.512. The van der Waals surface area contributed by atoms with Crippen LogP contribution in [-0.2, 0) is 24.3 Å². The van der Waals surface area contributed by atoms with Crippen LogP contribution in [0.25, 0.3) is 22.0 Å². The van der Waals surface area contributed by atoms with E-state index in [-0.39, 0.29) is 5.91 Å². The molecule has 1 aliphatic heterocycles. The van der Waals surface area contributed by atoms with E-state index in [2.05, 4.69) is 9.97 Å². The molecule has 0 unspecified atom stereocenters. The predicted molar refractivity (Wildman–Crippen MR) is 114 cm³/mol. The molecule has 0 saturated heterocycles. The normalized spacial score (nSPS) is 13.6. The maximum Gasteiger partial charge on any atom is 0.271 e. The minimum absolute atomic E-state index is 0.0666. The van der Waals surface area contributed by atoms with E-state index in [0.717, 1.165) is 33.5 Å². The summed E-state index contributed by atoms with van der Waals surface area (Å²) in [5.41, 5.74) is 4.06. The number of methoxy groups -OCH3 is 1. The first kappa shape index (κ1) is 18.9. The molecule has 1 aliphatic rings. The smallest absolute Gasteiger partial charge is 0.271 e. The molecule has 30 heavy (non-hydrogen) atoms. The third kappa shape index (κ3) is 3.28. The van der Waals surface area contributed by atoms with E-state index in [0.29, 0.717) is 42.7 Å². The highest BCUT2D eigenvalue weighted by molar-refractivity contribution is 6.31. The van der Waals surface area contributed by atoms with Crippen molar-refractivity contribution < 1.29 is 13.9 Å². The number of carbonyl (C=O) groups is 1. The molecule has 3 heterocycles. The fourth-order valence-electron chi connectivity index (χ4n) is 4.00. The van der Waals surface area contributed by atoms with Gasteiger partial charge in [0, 0.05) is 41.6 Å². The molecule has 0 aliphatic carbocycles. The number of nitrogens with one attached hydrogen (secondary N) is 1. The summed E-state index contributed by atoms with van der Waals surface area (Å²) in [5.74, 6) is 1.31. The van der Waals surface area contributed by atoms with E-state index >= 15 is 0 Å². The van der Waals surface area contributed by atoms with E-state index in [1.165, 1.54) is 0 Å². The molecule has 0 fully saturated rings. The summed E-state index contributed by atoms with van der Waals surface area (Å²) in [6, 6.07) is 15.5. The highest BCUT2D eigenvalue weighted by atomic mass is 35.5. The van der Waals surface area contributed by atoms with E-state index in [4.69, 9.17) is 20.8 Å². The van der Waals surface area contributed by atoms with Crippen LogP contribution in [0.1, 0.15) is 27.8 Å². The number of halogens is 1. The van der Waals surface area contributed by atoms with Crippen LogP contribution in [0, 0.1) is 0 Å². The van der Waals surface area contributed by atoms with Crippen LogP contribution < -0.4 is 0 Å². The Hall–Kier alpha value is -3.09. The minimum Gasteiger partial charge on any atom is -0.443 e. The van der Waals surface area contributed by atoms with Gasteiger partial charge in [0.15, 0.2) is 0 Å². The van der Waals surface area contributed by atoms with Gasteiger partial charge in [0.2, 0.25) is 5.89 Å². The van der Waals surface area contributed by atoms with Crippen molar-refractivity contribution in [2.75, 3.05) is 13.7 Å². The average molecular weight is 422 g/mol. The molecule has 0 atom stereocenters. The van der Waals surface area contributed by atoms with Crippen LogP contribution in [0.15, 0.2) is 52.9 Å². The lowest BCUT2D eigenvalue weighted by atomic mass is 10.0. The third-order valence-corrected chi connectivity index (χ3v) is 5.60. The Balaban J connectivity index is 1.55. The second-order valence-corrected chi connectivity index (χ2v) is 7.75. The van der Waals surface area contributed by atoms with Crippen molar-refractivity contribution in [3.8, 4) is 11.1 Å². The summed E-state index contributed by atoms with van der Waals surface area (Å²) >= 11 is 6.26. The number of aromatic amines is 1. The van der Waals surface area contributed by atoms with Gasteiger partial charge in [-0.2, -0.15) is 0 Å². The summed E-state index contributed by atoms with van der Waals surface area (Å²) in [4.78, 5) is 23.2. The fraction of sp³-hybridized carbons (Fsp3) is 0.217. The summed E-state index contributed by atoms with van der Waals surface area (Å²) < 4.78 is 10.8. The summed E-state index contributed by atoms with van der Waals surface area (Å²) in [6.07, 6.45) is 0.629. The summed E-state index contributed by atoms with van der Waals surface area (Å²) in [7, 11) is 1.60. The van der Waals surface area contributed by atoms with E-state index in [9.17, 15) is 4.79 Å². The molecular formula is C23H20ClN3O3. The minimum atomic E-state index is -0.0666. The first-order chi connectivity index (χ1) is 14.6. The van der Waals surface area contributed by atoms with Crippen molar-refractivity contribution in [3.05, 3.63) is 76.6 Å². The van der Waals surface area contributed by atoms with Gasteiger partial charge in [-0.1, -0.05) is 41.9 Å². The summed E-state index contributed by atoms with van der Waals surface area (Å²) in [5, 5.41) is 1.56. The zero-order valence-corrected chi connectivity index (χ0v) is 17.2. The topological polar surface area (TPSA) is 71.4 Å². The molecule has 152 valence electrons. The van der Waals surface area contributed by atoms with Crippen LogP contribution in [0.3, 0.4) is 0 Å². The molecule has 0 bridgehead atoms. The van der Waals surface area contributed by atoms with Gasteiger partial charge in [0.1, 0.15) is 23.8 Å². The number of benzene rings is 2. The van der Waals surface area contributed by atoms with Crippen molar-refractivity contribution in [3.63, 3.8) is 0 Å². The monoisotopic (exact) mass is 421 g/mol. The Morgan fingerprint density at radius 3 is 2.90 bits per heavy atom. The number of rotatable bonds is 4. The molecule has 0 spiro atoms. The van der Waals surface area contributed by atoms with E-state index in [1.807, 2.05) is 48.5 Å². The molecule has 7 heteroatoms. The Kier molecular flexibility index (Phi) is 4.81. The maximum atomic E-state index is 13.6. The highest BCUT2D eigenvalue weighted by Gasteiger charge is 2.29. The maximum absolute atomic E-state index is 13.6. The van der Waals surface area contributed by atoms with Gasteiger partial charge < -0.3 is 19.0 Å².